The van der Waals surface area contributed by atoms with Crippen LogP contribution in [0.4, 0.5) is 0 Å². The van der Waals surface area contributed by atoms with Crippen molar-refractivity contribution in [1.82, 2.24) is 0 Å². The Morgan fingerprint density at radius 3 is 2.73 bits per heavy atom. The molecule has 0 amide bonds. The minimum Gasteiger partial charge on any atom is -0.493 e. The Morgan fingerprint density at radius 1 is 1.20 bits per heavy atom. The maximum atomic E-state index is 11.5. The zero-order valence-electron chi connectivity index (χ0n) is 8.82. The third-order valence-corrected chi connectivity index (χ3v) is 2.88. The van der Waals surface area contributed by atoms with Gasteiger partial charge in [0.1, 0.15) is 11.5 Å². The lowest BCUT2D eigenvalue weighted by atomic mass is 9.89. The van der Waals surface area contributed by atoms with E-state index in [1.165, 1.54) is 0 Å². The van der Waals surface area contributed by atoms with Crippen molar-refractivity contribution in [1.29, 1.82) is 0 Å². The van der Waals surface area contributed by atoms with Gasteiger partial charge in [0.05, 0.1) is 12.5 Å². The van der Waals surface area contributed by atoms with E-state index in [0.29, 0.717) is 12.4 Å². The van der Waals surface area contributed by atoms with Crippen molar-refractivity contribution < 1.29 is 9.53 Å². The number of para-hydroxylation sites is 1. The molecule has 0 spiro atoms. The Balaban J connectivity index is 1.85. The molecular formula is C13H16O2. The van der Waals surface area contributed by atoms with E-state index in [0.717, 1.165) is 31.4 Å². The average Bonchev–Trinajstić information content (AvgIpc) is 2.29. The van der Waals surface area contributed by atoms with Crippen LogP contribution in [0.5, 0.6) is 5.75 Å². The second-order valence-corrected chi connectivity index (χ2v) is 4.03. The zero-order chi connectivity index (χ0) is 10.5. The lowest BCUT2D eigenvalue weighted by molar-refractivity contribution is -0.125. The van der Waals surface area contributed by atoms with Gasteiger partial charge < -0.3 is 4.74 Å². The molecule has 2 heteroatoms. The van der Waals surface area contributed by atoms with Gasteiger partial charge in [0.15, 0.2) is 0 Å². The van der Waals surface area contributed by atoms with E-state index in [1.807, 2.05) is 30.3 Å². The van der Waals surface area contributed by atoms with Crippen LogP contribution in [0.25, 0.3) is 0 Å². The lowest BCUT2D eigenvalue weighted by Crippen LogP contribution is -2.25. The molecule has 0 aliphatic heterocycles. The molecule has 0 aromatic heterocycles. The number of carbonyl (C=O) groups is 1. The summed E-state index contributed by atoms with van der Waals surface area (Å²) < 4.78 is 5.60. The van der Waals surface area contributed by atoms with E-state index in [4.69, 9.17) is 4.74 Å². The summed E-state index contributed by atoms with van der Waals surface area (Å²) in [7, 11) is 0. The fourth-order valence-electron chi connectivity index (χ4n) is 1.94. The Hall–Kier alpha value is -1.31. The fraction of sp³-hybridized carbons (Fsp3) is 0.462. The van der Waals surface area contributed by atoms with E-state index in [-0.39, 0.29) is 5.92 Å². The van der Waals surface area contributed by atoms with Crippen LogP contribution < -0.4 is 4.74 Å². The number of hydrogen-bond donors (Lipinski definition) is 0. The van der Waals surface area contributed by atoms with E-state index in [2.05, 4.69) is 0 Å². The van der Waals surface area contributed by atoms with Crippen LogP contribution >= 0.6 is 0 Å². The van der Waals surface area contributed by atoms with Gasteiger partial charge >= 0.3 is 0 Å². The van der Waals surface area contributed by atoms with E-state index in [9.17, 15) is 4.79 Å². The number of hydrogen-bond acceptors (Lipinski definition) is 2. The summed E-state index contributed by atoms with van der Waals surface area (Å²) in [5.41, 5.74) is 0. The molecule has 80 valence electrons. The molecule has 0 saturated heterocycles. The van der Waals surface area contributed by atoms with Crippen molar-refractivity contribution in [3.63, 3.8) is 0 Å². The standard InChI is InChI=1S/C13H16O2/c14-13-9-5-4-6-11(13)10-15-12-7-2-1-3-8-12/h1-3,7-8,11H,4-6,9-10H2. The maximum Gasteiger partial charge on any atom is 0.139 e. The summed E-state index contributed by atoms with van der Waals surface area (Å²) >= 11 is 0. The number of ether oxygens (including phenoxy) is 1. The van der Waals surface area contributed by atoms with Crippen LogP contribution in [0.2, 0.25) is 0 Å². The highest BCUT2D eigenvalue weighted by atomic mass is 16.5. The van der Waals surface area contributed by atoms with E-state index >= 15 is 0 Å². The first kappa shape index (κ1) is 10.2. The van der Waals surface area contributed by atoms with Gasteiger partial charge in [0.2, 0.25) is 0 Å². The van der Waals surface area contributed by atoms with Crippen LogP contribution in [0.15, 0.2) is 30.3 Å². The summed E-state index contributed by atoms with van der Waals surface area (Å²) in [6.45, 7) is 0.544. The van der Waals surface area contributed by atoms with Gasteiger partial charge in [0, 0.05) is 6.42 Å². The van der Waals surface area contributed by atoms with E-state index < -0.39 is 0 Å². The SMILES string of the molecule is O=C1CCCCC1COc1ccccc1. The molecule has 0 bridgehead atoms. The number of ketones is 1. The highest BCUT2D eigenvalue weighted by Gasteiger charge is 2.22. The molecule has 2 nitrogen and oxygen atoms in total. The Morgan fingerprint density at radius 2 is 2.00 bits per heavy atom. The van der Waals surface area contributed by atoms with Crippen LogP contribution in [-0.2, 0) is 4.79 Å². The molecule has 1 saturated carbocycles. The molecule has 0 N–H and O–H groups in total. The third-order valence-electron chi connectivity index (χ3n) is 2.88. The number of benzene rings is 1. The second-order valence-electron chi connectivity index (χ2n) is 4.03. The third kappa shape index (κ3) is 2.82. The quantitative estimate of drug-likeness (QED) is 0.756. The number of carbonyl (C=O) groups excluding carboxylic acids is 1. The van der Waals surface area contributed by atoms with Crippen LogP contribution in [-0.4, -0.2) is 12.4 Å². The molecule has 1 aliphatic carbocycles. The van der Waals surface area contributed by atoms with Crippen molar-refractivity contribution in [3.8, 4) is 5.75 Å². The van der Waals surface area contributed by atoms with Gasteiger partial charge in [-0.15, -0.1) is 0 Å². The minimum atomic E-state index is 0.124. The van der Waals surface area contributed by atoms with Crippen molar-refractivity contribution in [3.05, 3.63) is 30.3 Å². The summed E-state index contributed by atoms with van der Waals surface area (Å²) in [4.78, 5) is 11.5. The van der Waals surface area contributed by atoms with Crippen molar-refractivity contribution >= 4 is 5.78 Å². The van der Waals surface area contributed by atoms with Gasteiger partial charge in [0.25, 0.3) is 0 Å². The average molecular weight is 204 g/mol. The first-order valence-electron chi connectivity index (χ1n) is 5.57. The molecule has 0 radical (unpaired) electrons. The lowest BCUT2D eigenvalue weighted by Gasteiger charge is -2.20. The Labute approximate surface area is 90.3 Å². The zero-order valence-corrected chi connectivity index (χ0v) is 8.82. The predicted molar refractivity (Wildman–Crippen MR) is 58.9 cm³/mol. The molecule has 1 aromatic rings. The van der Waals surface area contributed by atoms with Crippen molar-refractivity contribution in [2.75, 3.05) is 6.61 Å². The monoisotopic (exact) mass is 204 g/mol. The highest BCUT2D eigenvalue weighted by molar-refractivity contribution is 5.81. The molecule has 1 aromatic carbocycles. The molecule has 2 rings (SSSR count). The highest BCUT2D eigenvalue weighted by Crippen LogP contribution is 2.21. The van der Waals surface area contributed by atoms with Crippen molar-refractivity contribution in [2.45, 2.75) is 25.7 Å². The van der Waals surface area contributed by atoms with Gasteiger partial charge in [-0.25, -0.2) is 0 Å². The number of Topliss-reactive ketones (excluding diaryl/α,β-unsaturated/α-hetero) is 1. The smallest absolute Gasteiger partial charge is 0.139 e. The molecular weight excluding hydrogens is 188 g/mol. The first-order valence-corrected chi connectivity index (χ1v) is 5.57. The molecule has 1 atom stereocenters. The summed E-state index contributed by atoms with van der Waals surface area (Å²) in [5.74, 6) is 1.35. The van der Waals surface area contributed by atoms with Crippen LogP contribution in [0.1, 0.15) is 25.7 Å². The number of rotatable bonds is 3. The maximum absolute atomic E-state index is 11.5. The molecule has 1 fully saturated rings. The summed E-state index contributed by atoms with van der Waals surface area (Å²) in [5, 5.41) is 0. The van der Waals surface area contributed by atoms with Crippen LogP contribution in [0, 0.1) is 5.92 Å². The Bertz CT molecular complexity index is 319. The normalized spacial score (nSPS) is 21.3. The molecule has 15 heavy (non-hydrogen) atoms. The predicted octanol–water partition coefficient (Wildman–Crippen LogP) is 2.82. The minimum absolute atomic E-state index is 0.124. The summed E-state index contributed by atoms with van der Waals surface area (Å²) in [6.07, 6.45) is 3.95. The van der Waals surface area contributed by atoms with Crippen LogP contribution in [0.3, 0.4) is 0 Å². The summed E-state index contributed by atoms with van der Waals surface area (Å²) in [6, 6.07) is 9.69. The van der Waals surface area contributed by atoms with Crippen molar-refractivity contribution in [2.24, 2.45) is 5.92 Å². The Kier molecular flexibility index (Phi) is 3.38. The second kappa shape index (κ2) is 4.96. The van der Waals surface area contributed by atoms with Gasteiger partial charge in [-0.2, -0.15) is 0 Å². The molecule has 1 aliphatic rings. The van der Waals surface area contributed by atoms with Gasteiger partial charge in [-0.05, 0) is 25.0 Å². The van der Waals surface area contributed by atoms with Gasteiger partial charge in [-0.1, -0.05) is 24.6 Å². The van der Waals surface area contributed by atoms with E-state index in [1.54, 1.807) is 0 Å². The topological polar surface area (TPSA) is 26.3 Å². The van der Waals surface area contributed by atoms with Gasteiger partial charge in [-0.3, -0.25) is 4.79 Å². The molecule has 1 unspecified atom stereocenters. The largest absolute Gasteiger partial charge is 0.493 e. The first-order chi connectivity index (χ1) is 7.36. The fourth-order valence-corrected chi connectivity index (χ4v) is 1.94. The molecule has 0 heterocycles.